The maximum Gasteiger partial charge on any atom is 0.255 e. The summed E-state index contributed by atoms with van der Waals surface area (Å²) in [6, 6.07) is 2.55. The lowest BCUT2D eigenvalue weighted by molar-refractivity contribution is 0.613. The summed E-state index contributed by atoms with van der Waals surface area (Å²) < 4.78 is 14.4. The highest BCUT2D eigenvalue weighted by atomic mass is 35.5. The second kappa shape index (κ2) is 4.63. The van der Waals surface area contributed by atoms with Gasteiger partial charge in [0.25, 0.3) is 5.56 Å². The maximum atomic E-state index is 12.9. The van der Waals surface area contributed by atoms with E-state index in [1.165, 1.54) is 22.9 Å². The molecule has 0 saturated heterocycles. The third-order valence-corrected chi connectivity index (χ3v) is 2.46. The van der Waals surface area contributed by atoms with Crippen molar-refractivity contribution in [3.05, 3.63) is 57.2 Å². The molecule has 0 fully saturated rings. The summed E-state index contributed by atoms with van der Waals surface area (Å²) in [5.41, 5.74) is 0.325. The Morgan fingerprint density at radius 3 is 2.82 bits per heavy atom. The van der Waals surface area contributed by atoms with Crippen LogP contribution in [0.25, 0.3) is 0 Å². The molecule has 17 heavy (non-hydrogen) atoms. The van der Waals surface area contributed by atoms with Gasteiger partial charge in [0.2, 0.25) is 0 Å². The molecule has 6 heteroatoms. The van der Waals surface area contributed by atoms with Gasteiger partial charge in [-0.05, 0) is 18.6 Å². The van der Waals surface area contributed by atoms with E-state index < -0.39 is 5.82 Å². The third kappa shape index (κ3) is 2.68. The lowest BCUT2D eigenvalue weighted by Crippen LogP contribution is -2.23. The largest absolute Gasteiger partial charge is 0.292 e. The molecule has 0 amide bonds. The molecule has 0 atom stereocenters. The Morgan fingerprint density at radius 2 is 2.18 bits per heavy atom. The molecule has 0 spiro atoms. The van der Waals surface area contributed by atoms with Crippen LogP contribution >= 0.6 is 11.6 Å². The molecule has 0 radical (unpaired) electrons. The Balaban J connectivity index is 2.40. The van der Waals surface area contributed by atoms with Crippen molar-refractivity contribution < 1.29 is 4.39 Å². The topological polar surface area (TPSA) is 47.8 Å². The van der Waals surface area contributed by atoms with Gasteiger partial charge in [-0.15, -0.1) is 0 Å². The van der Waals surface area contributed by atoms with Crippen LogP contribution < -0.4 is 5.56 Å². The van der Waals surface area contributed by atoms with Crippen LogP contribution in [-0.2, 0) is 6.54 Å². The first kappa shape index (κ1) is 11.7. The quantitative estimate of drug-likeness (QED) is 0.767. The van der Waals surface area contributed by atoms with Crippen molar-refractivity contribution >= 4 is 11.6 Å². The summed E-state index contributed by atoms with van der Waals surface area (Å²) in [6.07, 6.45) is 2.61. The van der Waals surface area contributed by atoms with Crippen LogP contribution in [0.2, 0.25) is 5.15 Å². The molecule has 2 rings (SSSR count). The molecular weight excluding hydrogens is 245 g/mol. The van der Waals surface area contributed by atoms with Crippen molar-refractivity contribution in [1.82, 2.24) is 14.5 Å². The first-order chi connectivity index (χ1) is 8.06. The fourth-order valence-electron chi connectivity index (χ4n) is 1.50. The Bertz CT molecular complexity index is 612. The summed E-state index contributed by atoms with van der Waals surface area (Å²) >= 11 is 5.65. The van der Waals surface area contributed by atoms with Gasteiger partial charge in [-0.25, -0.2) is 9.37 Å². The normalized spacial score (nSPS) is 10.5. The molecule has 0 bridgehead atoms. The van der Waals surface area contributed by atoms with E-state index in [1.807, 2.05) is 0 Å². The highest BCUT2D eigenvalue weighted by Crippen LogP contribution is 2.06. The molecule has 0 aliphatic carbocycles. The Hall–Kier alpha value is -1.75. The molecule has 0 aromatic carbocycles. The fourth-order valence-corrected chi connectivity index (χ4v) is 1.72. The standard InChI is InChI=1S/C11H9ClFN3O/c1-7-15-10(12)3-11(17)16(7)6-8-2-9(13)5-14-4-8/h2-5H,6H2,1H3. The first-order valence-corrected chi connectivity index (χ1v) is 5.27. The number of halogens is 2. The van der Waals surface area contributed by atoms with Gasteiger partial charge in [0.1, 0.15) is 16.8 Å². The summed E-state index contributed by atoms with van der Waals surface area (Å²) in [5, 5.41) is 0.154. The van der Waals surface area contributed by atoms with Crippen LogP contribution in [-0.4, -0.2) is 14.5 Å². The highest BCUT2D eigenvalue weighted by Gasteiger charge is 2.05. The van der Waals surface area contributed by atoms with Crippen LogP contribution in [0.1, 0.15) is 11.4 Å². The predicted octanol–water partition coefficient (Wildman–Crippen LogP) is 1.79. The van der Waals surface area contributed by atoms with Crippen LogP contribution in [0, 0.1) is 12.7 Å². The predicted molar refractivity (Wildman–Crippen MR) is 61.5 cm³/mol. The zero-order valence-electron chi connectivity index (χ0n) is 9.02. The first-order valence-electron chi connectivity index (χ1n) is 4.89. The molecule has 0 aliphatic heterocycles. The van der Waals surface area contributed by atoms with Crippen molar-refractivity contribution in [2.24, 2.45) is 0 Å². The second-order valence-electron chi connectivity index (χ2n) is 3.56. The van der Waals surface area contributed by atoms with Gasteiger partial charge in [0.15, 0.2) is 0 Å². The SMILES string of the molecule is Cc1nc(Cl)cc(=O)n1Cc1cncc(F)c1. The second-order valence-corrected chi connectivity index (χ2v) is 3.95. The van der Waals surface area contributed by atoms with Crippen molar-refractivity contribution in [2.45, 2.75) is 13.5 Å². The van der Waals surface area contributed by atoms with Crippen molar-refractivity contribution in [2.75, 3.05) is 0 Å². The van der Waals surface area contributed by atoms with E-state index in [4.69, 9.17) is 11.6 Å². The molecule has 2 heterocycles. The lowest BCUT2D eigenvalue weighted by Gasteiger charge is -2.08. The van der Waals surface area contributed by atoms with Gasteiger partial charge in [-0.1, -0.05) is 11.6 Å². The summed E-state index contributed by atoms with van der Waals surface area (Å²) in [4.78, 5) is 19.4. The molecule has 2 aromatic heterocycles. The van der Waals surface area contributed by atoms with E-state index in [9.17, 15) is 9.18 Å². The van der Waals surface area contributed by atoms with E-state index in [-0.39, 0.29) is 17.3 Å². The highest BCUT2D eigenvalue weighted by molar-refractivity contribution is 6.29. The van der Waals surface area contributed by atoms with E-state index >= 15 is 0 Å². The summed E-state index contributed by atoms with van der Waals surface area (Å²) in [7, 11) is 0. The lowest BCUT2D eigenvalue weighted by atomic mass is 10.3. The fraction of sp³-hybridized carbons (Fsp3) is 0.182. The summed E-state index contributed by atoms with van der Waals surface area (Å²) in [6.45, 7) is 1.89. The number of rotatable bonds is 2. The average Bonchev–Trinajstić information content (AvgIpc) is 2.23. The third-order valence-electron chi connectivity index (χ3n) is 2.27. The molecule has 2 aromatic rings. The van der Waals surface area contributed by atoms with E-state index in [1.54, 1.807) is 6.92 Å². The molecule has 4 nitrogen and oxygen atoms in total. The van der Waals surface area contributed by atoms with Gasteiger partial charge in [-0.2, -0.15) is 0 Å². The van der Waals surface area contributed by atoms with Gasteiger partial charge < -0.3 is 0 Å². The Labute approximate surface area is 102 Å². The molecule has 0 N–H and O–H groups in total. The number of hydrogen-bond acceptors (Lipinski definition) is 3. The van der Waals surface area contributed by atoms with E-state index in [0.29, 0.717) is 11.4 Å². The zero-order valence-corrected chi connectivity index (χ0v) is 9.78. The monoisotopic (exact) mass is 253 g/mol. The van der Waals surface area contributed by atoms with Gasteiger partial charge >= 0.3 is 0 Å². The zero-order chi connectivity index (χ0) is 12.4. The number of aromatic nitrogens is 3. The minimum atomic E-state index is -0.435. The molecular formula is C11H9ClFN3O. The van der Waals surface area contributed by atoms with Crippen LogP contribution in [0.4, 0.5) is 4.39 Å². The summed E-state index contributed by atoms with van der Waals surface area (Å²) in [5.74, 6) is 0.0434. The number of aryl methyl sites for hydroxylation is 1. The molecule has 0 saturated carbocycles. The van der Waals surface area contributed by atoms with Crippen molar-refractivity contribution in [3.63, 3.8) is 0 Å². The number of pyridine rings is 1. The smallest absolute Gasteiger partial charge is 0.255 e. The van der Waals surface area contributed by atoms with Crippen molar-refractivity contribution in [3.8, 4) is 0 Å². The minimum Gasteiger partial charge on any atom is -0.292 e. The Kier molecular flexibility index (Phi) is 3.19. The van der Waals surface area contributed by atoms with Gasteiger partial charge in [-0.3, -0.25) is 14.3 Å². The minimum absolute atomic E-state index is 0.154. The van der Waals surface area contributed by atoms with Crippen LogP contribution in [0.5, 0.6) is 0 Å². The van der Waals surface area contributed by atoms with Gasteiger partial charge in [0.05, 0.1) is 12.7 Å². The molecule has 0 aliphatic rings. The van der Waals surface area contributed by atoms with E-state index in [0.717, 1.165) is 6.20 Å². The average molecular weight is 254 g/mol. The number of hydrogen-bond donors (Lipinski definition) is 0. The number of nitrogens with zero attached hydrogens (tertiary/aromatic N) is 3. The molecule has 88 valence electrons. The van der Waals surface area contributed by atoms with Gasteiger partial charge in [0, 0.05) is 12.3 Å². The Morgan fingerprint density at radius 1 is 1.41 bits per heavy atom. The molecule has 0 unspecified atom stereocenters. The van der Waals surface area contributed by atoms with Crippen LogP contribution in [0.3, 0.4) is 0 Å². The van der Waals surface area contributed by atoms with Crippen LogP contribution in [0.15, 0.2) is 29.3 Å². The van der Waals surface area contributed by atoms with Crippen molar-refractivity contribution in [1.29, 1.82) is 0 Å². The maximum absolute atomic E-state index is 12.9. The van der Waals surface area contributed by atoms with E-state index in [2.05, 4.69) is 9.97 Å².